The lowest BCUT2D eigenvalue weighted by molar-refractivity contribution is -0.118. The van der Waals surface area contributed by atoms with E-state index in [-0.39, 0.29) is 5.91 Å². The van der Waals surface area contributed by atoms with Crippen LogP contribution in [0.4, 0.5) is 5.95 Å². The predicted octanol–water partition coefficient (Wildman–Crippen LogP) is 5.59. The van der Waals surface area contributed by atoms with Crippen molar-refractivity contribution in [2.45, 2.75) is 39.2 Å². The molecule has 0 bridgehead atoms. The number of likely N-dealkylation sites (tertiary alicyclic amines) is 1. The molecule has 1 aliphatic rings. The fourth-order valence-corrected chi connectivity index (χ4v) is 4.01. The second-order valence-electron chi connectivity index (χ2n) is 8.20. The summed E-state index contributed by atoms with van der Waals surface area (Å²) in [6.45, 7) is 5.54. The molecule has 31 heavy (non-hydrogen) atoms. The van der Waals surface area contributed by atoms with E-state index in [2.05, 4.69) is 46.2 Å². The summed E-state index contributed by atoms with van der Waals surface area (Å²) < 4.78 is 0. The van der Waals surface area contributed by atoms with Gasteiger partial charge in [0.1, 0.15) is 0 Å². The van der Waals surface area contributed by atoms with Crippen LogP contribution >= 0.6 is 11.6 Å². The normalized spacial score (nSPS) is 16.8. The summed E-state index contributed by atoms with van der Waals surface area (Å²) >= 11 is 6.05. The number of carbonyl (C=O) groups is 1. The highest BCUT2D eigenvalue weighted by atomic mass is 35.5. The average Bonchev–Trinajstić information content (AvgIpc) is 2.76. The zero-order valence-corrected chi connectivity index (χ0v) is 18.7. The molecule has 4 rings (SSSR count). The summed E-state index contributed by atoms with van der Waals surface area (Å²) in [5.74, 6) is 0.231. The van der Waals surface area contributed by atoms with Crippen LogP contribution in [-0.4, -0.2) is 39.9 Å². The molecule has 1 aromatic heterocycles. The molecule has 6 heteroatoms. The molecule has 0 spiro atoms. The second-order valence-corrected chi connectivity index (χ2v) is 8.63. The Labute approximate surface area is 188 Å². The van der Waals surface area contributed by atoms with Crippen LogP contribution in [0.25, 0.3) is 22.5 Å². The minimum Gasteiger partial charge on any atom is -0.293 e. The Morgan fingerprint density at radius 3 is 2.26 bits per heavy atom. The molecule has 1 amide bonds. The number of rotatable bonds is 5. The van der Waals surface area contributed by atoms with Crippen molar-refractivity contribution in [3.63, 3.8) is 0 Å². The molecule has 0 unspecified atom stereocenters. The summed E-state index contributed by atoms with van der Waals surface area (Å²) in [5.41, 5.74) is 4.58. The minimum absolute atomic E-state index is 0.0862. The standard InChI is InChI=1S/C25H27ClN4O/c1-17-6-8-19(9-7-17)22-15-23(20-10-12-21(26)13-11-20)28-25(27-22)29-24(31)16-30-14-4-3-5-18(30)2/h6-13,15,18H,3-5,14,16H2,1-2H3,(H,27,28,29,31)/t18-/m0/s1. The number of piperidine rings is 1. The number of carbonyl (C=O) groups excluding carboxylic acids is 1. The first-order chi connectivity index (χ1) is 15.0. The van der Waals surface area contributed by atoms with Crippen molar-refractivity contribution < 1.29 is 4.79 Å². The molecule has 1 fully saturated rings. The first-order valence-corrected chi connectivity index (χ1v) is 11.1. The van der Waals surface area contributed by atoms with Gasteiger partial charge in [-0.25, -0.2) is 9.97 Å². The Bertz CT molecular complexity index is 986. The molecule has 1 saturated heterocycles. The second kappa shape index (κ2) is 9.58. The van der Waals surface area contributed by atoms with Gasteiger partial charge in [0.05, 0.1) is 17.9 Å². The Morgan fingerprint density at radius 1 is 1.03 bits per heavy atom. The van der Waals surface area contributed by atoms with Gasteiger partial charge in [-0.1, -0.05) is 60.0 Å². The van der Waals surface area contributed by atoms with E-state index in [1.165, 1.54) is 12.0 Å². The summed E-state index contributed by atoms with van der Waals surface area (Å²) in [5, 5.41) is 3.59. The fourth-order valence-electron chi connectivity index (χ4n) is 3.89. The van der Waals surface area contributed by atoms with Crippen LogP contribution in [0.15, 0.2) is 54.6 Å². The largest absolute Gasteiger partial charge is 0.293 e. The van der Waals surface area contributed by atoms with Crippen LogP contribution in [0, 0.1) is 6.92 Å². The zero-order valence-electron chi connectivity index (χ0n) is 17.9. The third-order valence-corrected chi connectivity index (χ3v) is 6.00. The van der Waals surface area contributed by atoms with E-state index in [1.54, 1.807) is 0 Å². The van der Waals surface area contributed by atoms with E-state index < -0.39 is 0 Å². The van der Waals surface area contributed by atoms with Crippen molar-refractivity contribution in [1.29, 1.82) is 0 Å². The molecular formula is C25H27ClN4O. The molecule has 1 aliphatic heterocycles. The van der Waals surface area contributed by atoms with E-state index >= 15 is 0 Å². The van der Waals surface area contributed by atoms with Crippen molar-refractivity contribution in [2.75, 3.05) is 18.4 Å². The van der Waals surface area contributed by atoms with Gasteiger partial charge in [0.2, 0.25) is 11.9 Å². The highest BCUT2D eigenvalue weighted by Crippen LogP contribution is 2.26. The van der Waals surface area contributed by atoms with Gasteiger partial charge in [-0.05, 0) is 51.4 Å². The van der Waals surface area contributed by atoms with Gasteiger partial charge in [0, 0.05) is 22.2 Å². The Hall–Kier alpha value is -2.76. The molecule has 0 aliphatic carbocycles. The number of anilines is 1. The molecular weight excluding hydrogens is 408 g/mol. The average molecular weight is 435 g/mol. The molecule has 2 heterocycles. The summed E-state index contributed by atoms with van der Waals surface area (Å²) in [6.07, 6.45) is 3.50. The number of hydrogen-bond acceptors (Lipinski definition) is 4. The number of nitrogens with one attached hydrogen (secondary N) is 1. The molecule has 0 saturated carbocycles. The van der Waals surface area contributed by atoms with Crippen molar-refractivity contribution in [3.8, 4) is 22.5 Å². The molecule has 3 aromatic rings. The lowest BCUT2D eigenvalue weighted by Gasteiger charge is -2.32. The number of aromatic nitrogens is 2. The van der Waals surface area contributed by atoms with Gasteiger partial charge in [-0.2, -0.15) is 0 Å². The number of halogens is 1. The van der Waals surface area contributed by atoms with E-state index in [0.29, 0.717) is 23.6 Å². The van der Waals surface area contributed by atoms with Crippen LogP contribution in [0.1, 0.15) is 31.7 Å². The van der Waals surface area contributed by atoms with Crippen LogP contribution in [0.3, 0.4) is 0 Å². The van der Waals surface area contributed by atoms with Crippen LogP contribution in [0.5, 0.6) is 0 Å². The maximum atomic E-state index is 12.8. The van der Waals surface area contributed by atoms with E-state index in [1.807, 2.05) is 42.5 Å². The van der Waals surface area contributed by atoms with Crippen LogP contribution in [-0.2, 0) is 4.79 Å². The fraction of sp³-hybridized carbons (Fsp3) is 0.320. The van der Waals surface area contributed by atoms with Gasteiger partial charge in [-0.15, -0.1) is 0 Å². The Balaban J connectivity index is 1.63. The number of amides is 1. The number of aryl methyl sites for hydroxylation is 1. The lowest BCUT2D eigenvalue weighted by atomic mass is 10.0. The molecule has 0 radical (unpaired) electrons. The van der Waals surface area contributed by atoms with E-state index in [0.717, 1.165) is 41.9 Å². The molecule has 5 nitrogen and oxygen atoms in total. The van der Waals surface area contributed by atoms with Crippen molar-refractivity contribution in [3.05, 3.63) is 65.2 Å². The third kappa shape index (κ3) is 5.49. The van der Waals surface area contributed by atoms with Gasteiger partial charge in [0.25, 0.3) is 0 Å². The number of nitrogens with zero attached hydrogens (tertiary/aromatic N) is 3. The molecule has 1 atom stereocenters. The van der Waals surface area contributed by atoms with E-state index in [9.17, 15) is 4.79 Å². The van der Waals surface area contributed by atoms with Crippen LogP contribution < -0.4 is 5.32 Å². The highest BCUT2D eigenvalue weighted by molar-refractivity contribution is 6.30. The Kier molecular flexibility index (Phi) is 6.64. The quantitative estimate of drug-likeness (QED) is 0.569. The maximum absolute atomic E-state index is 12.8. The number of hydrogen-bond donors (Lipinski definition) is 1. The smallest absolute Gasteiger partial charge is 0.240 e. The molecule has 160 valence electrons. The van der Waals surface area contributed by atoms with Crippen molar-refractivity contribution in [1.82, 2.24) is 14.9 Å². The van der Waals surface area contributed by atoms with Gasteiger partial charge in [-0.3, -0.25) is 15.0 Å². The minimum atomic E-state index is -0.0862. The first kappa shape index (κ1) is 21.5. The third-order valence-electron chi connectivity index (χ3n) is 5.75. The van der Waals surface area contributed by atoms with E-state index in [4.69, 9.17) is 11.6 Å². The van der Waals surface area contributed by atoms with Crippen molar-refractivity contribution in [2.24, 2.45) is 0 Å². The zero-order chi connectivity index (χ0) is 21.8. The van der Waals surface area contributed by atoms with Crippen LogP contribution in [0.2, 0.25) is 5.02 Å². The predicted molar refractivity (Wildman–Crippen MR) is 126 cm³/mol. The first-order valence-electron chi connectivity index (χ1n) is 10.7. The Morgan fingerprint density at radius 2 is 1.65 bits per heavy atom. The number of benzene rings is 2. The summed E-state index contributed by atoms with van der Waals surface area (Å²) in [7, 11) is 0. The van der Waals surface area contributed by atoms with Gasteiger partial charge >= 0.3 is 0 Å². The summed E-state index contributed by atoms with van der Waals surface area (Å²) in [6, 6.07) is 18.0. The van der Waals surface area contributed by atoms with Gasteiger partial charge < -0.3 is 0 Å². The topological polar surface area (TPSA) is 58.1 Å². The SMILES string of the molecule is Cc1ccc(-c2cc(-c3ccc(Cl)cc3)nc(NC(=O)CN3CCCC[C@@H]3C)n2)cc1. The monoisotopic (exact) mass is 434 g/mol. The molecule has 2 aromatic carbocycles. The maximum Gasteiger partial charge on any atom is 0.240 e. The van der Waals surface area contributed by atoms with Crippen molar-refractivity contribution >= 4 is 23.5 Å². The van der Waals surface area contributed by atoms with Gasteiger partial charge in [0.15, 0.2) is 0 Å². The molecule has 1 N–H and O–H groups in total. The highest BCUT2D eigenvalue weighted by Gasteiger charge is 2.21. The lowest BCUT2D eigenvalue weighted by Crippen LogP contribution is -2.42. The summed E-state index contributed by atoms with van der Waals surface area (Å²) in [4.78, 5) is 24.3.